The highest BCUT2D eigenvalue weighted by Gasteiger charge is 2.38. The van der Waals surface area contributed by atoms with Crippen molar-refractivity contribution in [3.05, 3.63) is 11.1 Å². The van der Waals surface area contributed by atoms with Crippen molar-refractivity contribution in [1.82, 2.24) is 0 Å². The zero-order valence-corrected chi connectivity index (χ0v) is 9.57. The zero-order chi connectivity index (χ0) is 12.3. The summed E-state index contributed by atoms with van der Waals surface area (Å²) in [6.07, 6.45) is 2.63. The SMILES string of the molecule is N#CC(C(=O)O)=C1CCOC2(CCOCC2)C1. The lowest BCUT2D eigenvalue weighted by atomic mass is 9.82. The van der Waals surface area contributed by atoms with Gasteiger partial charge in [0, 0.05) is 26.1 Å². The predicted molar refractivity (Wildman–Crippen MR) is 58.2 cm³/mol. The molecule has 5 heteroatoms. The minimum absolute atomic E-state index is 0.112. The third-order valence-corrected chi connectivity index (χ3v) is 3.43. The van der Waals surface area contributed by atoms with Gasteiger partial charge in [0.25, 0.3) is 0 Å². The number of rotatable bonds is 1. The normalized spacial score (nSPS) is 26.3. The summed E-state index contributed by atoms with van der Waals surface area (Å²) < 4.78 is 11.1. The van der Waals surface area contributed by atoms with E-state index in [4.69, 9.17) is 19.8 Å². The summed E-state index contributed by atoms with van der Waals surface area (Å²) in [5.74, 6) is -1.13. The Balaban J connectivity index is 2.22. The van der Waals surface area contributed by atoms with Crippen LogP contribution < -0.4 is 0 Å². The molecule has 0 bridgehead atoms. The highest BCUT2D eigenvalue weighted by atomic mass is 16.5. The lowest BCUT2D eigenvalue weighted by Gasteiger charge is -2.41. The summed E-state index contributed by atoms with van der Waals surface area (Å²) in [7, 11) is 0. The van der Waals surface area contributed by atoms with Gasteiger partial charge in [-0.05, 0) is 18.4 Å². The largest absolute Gasteiger partial charge is 0.477 e. The van der Waals surface area contributed by atoms with Crippen LogP contribution in [0.2, 0.25) is 0 Å². The molecule has 2 saturated heterocycles. The first-order valence-electron chi connectivity index (χ1n) is 5.74. The maximum absolute atomic E-state index is 11.0. The predicted octanol–water partition coefficient (Wildman–Crippen LogP) is 1.25. The molecule has 1 spiro atoms. The van der Waals surface area contributed by atoms with Gasteiger partial charge in [-0.2, -0.15) is 5.26 Å². The molecule has 2 aliphatic rings. The van der Waals surface area contributed by atoms with E-state index in [1.54, 1.807) is 6.07 Å². The maximum atomic E-state index is 11.0. The van der Waals surface area contributed by atoms with Crippen LogP contribution in [-0.4, -0.2) is 36.5 Å². The lowest BCUT2D eigenvalue weighted by molar-refractivity contribution is -0.133. The molecule has 5 nitrogen and oxygen atoms in total. The van der Waals surface area contributed by atoms with Crippen LogP contribution in [0.4, 0.5) is 0 Å². The van der Waals surface area contributed by atoms with Crippen LogP contribution in [0.25, 0.3) is 0 Å². The summed E-state index contributed by atoms with van der Waals surface area (Å²) in [6, 6.07) is 1.79. The number of aliphatic carboxylic acids is 1. The van der Waals surface area contributed by atoms with Crippen LogP contribution in [0.15, 0.2) is 11.1 Å². The van der Waals surface area contributed by atoms with Gasteiger partial charge in [0.1, 0.15) is 11.6 Å². The smallest absolute Gasteiger partial charge is 0.346 e. The number of nitrogens with zero attached hydrogens (tertiary/aromatic N) is 1. The van der Waals surface area contributed by atoms with E-state index in [-0.39, 0.29) is 11.2 Å². The standard InChI is InChI=1S/C12H15NO4/c13-8-10(11(14)15)9-1-4-17-12(7-9)2-5-16-6-3-12/h1-7H2,(H,14,15). The fourth-order valence-corrected chi connectivity index (χ4v) is 2.48. The molecule has 0 radical (unpaired) electrons. The van der Waals surface area contributed by atoms with E-state index in [9.17, 15) is 4.79 Å². The van der Waals surface area contributed by atoms with E-state index in [1.165, 1.54) is 0 Å². The molecule has 0 saturated carbocycles. The summed E-state index contributed by atoms with van der Waals surface area (Å²) in [5.41, 5.74) is 0.302. The van der Waals surface area contributed by atoms with Crippen molar-refractivity contribution in [2.45, 2.75) is 31.3 Å². The number of carbonyl (C=O) groups is 1. The number of hydrogen-bond acceptors (Lipinski definition) is 4. The molecule has 0 unspecified atom stereocenters. The van der Waals surface area contributed by atoms with Crippen molar-refractivity contribution in [2.75, 3.05) is 19.8 Å². The second-order valence-corrected chi connectivity index (χ2v) is 4.47. The summed E-state index contributed by atoms with van der Waals surface area (Å²) in [5, 5.41) is 17.8. The highest BCUT2D eigenvalue weighted by Crippen LogP contribution is 2.37. The molecule has 17 heavy (non-hydrogen) atoms. The van der Waals surface area contributed by atoms with E-state index in [0.29, 0.717) is 38.2 Å². The minimum atomic E-state index is -1.13. The van der Waals surface area contributed by atoms with Crippen molar-refractivity contribution in [3.8, 4) is 6.07 Å². The molecule has 0 aliphatic carbocycles. The van der Waals surface area contributed by atoms with Crippen molar-refractivity contribution in [2.24, 2.45) is 0 Å². The summed E-state index contributed by atoms with van der Waals surface area (Å²) in [4.78, 5) is 11.0. The minimum Gasteiger partial charge on any atom is -0.477 e. The Bertz CT molecular complexity index is 382. The fourth-order valence-electron chi connectivity index (χ4n) is 2.48. The van der Waals surface area contributed by atoms with E-state index < -0.39 is 5.97 Å². The Hall–Kier alpha value is -1.38. The summed E-state index contributed by atoms with van der Waals surface area (Å²) in [6.45, 7) is 1.78. The lowest BCUT2D eigenvalue weighted by Crippen LogP contribution is -2.42. The Kier molecular flexibility index (Phi) is 3.46. The first-order chi connectivity index (χ1) is 8.17. The van der Waals surface area contributed by atoms with Crippen LogP contribution in [0.5, 0.6) is 0 Å². The van der Waals surface area contributed by atoms with Gasteiger partial charge in [-0.25, -0.2) is 4.79 Å². The van der Waals surface area contributed by atoms with E-state index in [2.05, 4.69) is 0 Å². The number of carboxylic acid groups (broad SMARTS) is 1. The number of nitriles is 1. The maximum Gasteiger partial charge on any atom is 0.346 e. The quantitative estimate of drug-likeness (QED) is 0.548. The van der Waals surface area contributed by atoms with Crippen LogP contribution in [0.1, 0.15) is 25.7 Å². The topological polar surface area (TPSA) is 79.6 Å². The van der Waals surface area contributed by atoms with Gasteiger partial charge >= 0.3 is 5.97 Å². The third kappa shape index (κ3) is 2.48. The summed E-state index contributed by atoms with van der Waals surface area (Å²) >= 11 is 0. The van der Waals surface area contributed by atoms with Crippen LogP contribution in [0.3, 0.4) is 0 Å². The van der Waals surface area contributed by atoms with Crippen LogP contribution >= 0.6 is 0 Å². The molecule has 0 aromatic heterocycles. The Labute approximate surface area is 99.6 Å². The molecule has 0 atom stereocenters. The van der Waals surface area contributed by atoms with Crippen molar-refractivity contribution < 1.29 is 19.4 Å². The van der Waals surface area contributed by atoms with Crippen molar-refractivity contribution in [1.29, 1.82) is 5.26 Å². The van der Waals surface area contributed by atoms with E-state index in [0.717, 1.165) is 12.8 Å². The van der Waals surface area contributed by atoms with E-state index >= 15 is 0 Å². The molecule has 0 aromatic rings. The zero-order valence-electron chi connectivity index (χ0n) is 9.57. The highest BCUT2D eigenvalue weighted by molar-refractivity contribution is 5.92. The van der Waals surface area contributed by atoms with Gasteiger partial charge in [-0.15, -0.1) is 0 Å². The molecule has 92 valence electrons. The van der Waals surface area contributed by atoms with Gasteiger partial charge in [0.15, 0.2) is 0 Å². The Morgan fingerprint density at radius 1 is 1.35 bits per heavy atom. The number of hydrogen-bond donors (Lipinski definition) is 1. The second-order valence-electron chi connectivity index (χ2n) is 4.47. The molecule has 1 N–H and O–H groups in total. The number of carboxylic acids is 1. The molecule has 2 heterocycles. The third-order valence-electron chi connectivity index (χ3n) is 3.43. The number of ether oxygens (including phenoxy) is 2. The molecule has 0 amide bonds. The van der Waals surface area contributed by atoms with E-state index in [1.807, 2.05) is 0 Å². The molecule has 0 aromatic carbocycles. The first-order valence-corrected chi connectivity index (χ1v) is 5.74. The molecule has 2 fully saturated rings. The van der Waals surface area contributed by atoms with Crippen molar-refractivity contribution in [3.63, 3.8) is 0 Å². The Morgan fingerprint density at radius 3 is 2.65 bits per heavy atom. The second kappa shape index (κ2) is 4.86. The van der Waals surface area contributed by atoms with Gasteiger partial charge in [0.05, 0.1) is 12.2 Å². The first kappa shape index (κ1) is 12.1. The average Bonchev–Trinajstić information content (AvgIpc) is 2.30. The van der Waals surface area contributed by atoms with Crippen LogP contribution in [0, 0.1) is 11.3 Å². The monoisotopic (exact) mass is 237 g/mol. The average molecular weight is 237 g/mol. The van der Waals surface area contributed by atoms with Gasteiger partial charge in [-0.1, -0.05) is 0 Å². The molecular weight excluding hydrogens is 222 g/mol. The van der Waals surface area contributed by atoms with Gasteiger partial charge in [-0.3, -0.25) is 0 Å². The van der Waals surface area contributed by atoms with Crippen LogP contribution in [-0.2, 0) is 14.3 Å². The van der Waals surface area contributed by atoms with Gasteiger partial charge in [0.2, 0.25) is 0 Å². The Morgan fingerprint density at radius 2 is 2.06 bits per heavy atom. The molecular formula is C12H15NO4. The van der Waals surface area contributed by atoms with Crippen molar-refractivity contribution >= 4 is 5.97 Å². The molecule has 2 aliphatic heterocycles. The fraction of sp³-hybridized carbons (Fsp3) is 0.667. The molecule has 2 rings (SSSR count). The van der Waals surface area contributed by atoms with Gasteiger partial charge < -0.3 is 14.6 Å².